The van der Waals surface area contributed by atoms with E-state index in [1.807, 2.05) is 6.92 Å². The Bertz CT molecular complexity index is 186. The smallest absolute Gasteiger partial charge is 0.0768 e. The summed E-state index contributed by atoms with van der Waals surface area (Å²) in [6.07, 6.45) is 2.71. The molecule has 1 saturated heterocycles. The van der Waals surface area contributed by atoms with E-state index in [1.165, 1.54) is 6.42 Å². The molecule has 0 saturated carbocycles. The summed E-state index contributed by atoms with van der Waals surface area (Å²) < 4.78 is 5.58. The lowest BCUT2D eigenvalue weighted by atomic mass is 9.92. The maximum absolute atomic E-state index is 10.2. The first-order valence-corrected chi connectivity index (χ1v) is 5.94. The van der Waals surface area contributed by atoms with Gasteiger partial charge in [0.1, 0.15) is 0 Å². The van der Waals surface area contributed by atoms with E-state index < -0.39 is 5.60 Å². The van der Waals surface area contributed by atoms with Gasteiger partial charge in [0.05, 0.1) is 11.7 Å². The summed E-state index contributed by atoms with van der Waals surface area (Å²) in [4.78, 5) is 2.18. The van der Waals surface area contributed by atoms with Crippen LogP contribution in [0.1, 0.15) is 33.6 Å². The molecule has 0 spiro atoms. The Balaban J connectivity index is 2.31. The second-order valence-electron chi connectivity index (χ2n) is 5.34. The Morgan fingerprint density at radius 2 is 2.20 bits per heavy atom. The molecule has 1 N–H and O–H groups in total. The first-order chi connectivity index (χ1) is 6.92. The van der Waals surface area contributed by atoms with Gasteiger partial charge in [0.25, 0.3) is 0 Å². The molecule has 0 radical (unpaired) electrons. The summed E-state index contributed by atoms with van der Waals surface area (Å²) >= 11 is 0. The van der Waals surface area contributed by atoms with Crippen molar-refractivity contribution >= 4 is 0 Å². The quantitative estimate of drug-likeness (QED) is 0.754. The van der Waals surface area contributed by atoms with Gasteiger partial charge in [0.2, 0.25) is 0 Å². The van der Waals surface area contributed by atoms with Crippen molar-refractivity contribution in [3.05, 3.63) is 0 Å². The van der Waals surface area contributed by atoms with Gasteiger partial charge in [-0.25, -0.2) is 0 Å². The molecule has 1 heterocycles. The van der Waals surface area contributed by atoms with Gasteiger partial charge in [-0.05, 0) is 32.7 Å². The molecule has 0 aromatic carbocycles. The average molecular weight is 215 g/mol. The molecule has 3 nitrogen and oxygen atoms in total. The van der Waals surface area contributed by atoms with Gasteiger partial charge in [-0.15, -0.1) is 0 Å². The predicted molar refractivity (Wildman–Crippen MR) is 61.9 cm³/mol. The summed E-state index contributed by atoms with van der Waals surface area (Å²) in [6.45, 7) is 8.57. The summed E-state index contributed by atoms with van der Waals surface area (Å²) in [7, 11) is 2.05. The maximum Gasteiger partial charge on any atom is 0.0768 e. The van der Waals surface area contributed by atoms with E-state index in [1.54, 1.807) is 0 Å². The predicted octanol–water partition coefficient (Wildman–Crippen LogP) is 1.50. The molecule has 15 heavy (non-hydrogen) atoms. The normalized spacial score (nSPS) is 26.2. The van der Waals surface area contributed by atoms with Crippen LogP contribution in [-0.2, 0) is 4.74 Å². The second-order valence-corrected chi connectivity index (χ2v) is 5.34. The number of likely N-dealkylation sites (N-methyl/N-ethyl adjacent to an activating group) is 1. The lowest BCUT2D eigenvalue weighted by Crippen LogP contribution is -2.45. The van der Waals surface area contributed by atoms with Crippen molar-refractivity contribution in [3.8, 4) is 0 Å². The number of rotatable bonds is 5. The fourth-order valence-electron chi connectivity index (χ4n) is 1.93. The highest BCUT2D eigenvalue weighted by Crippen LogP contribution is 2.18. The van der Waals surface area contributed by atoms with Gasteiger partial charge in [-0.1, -0.05) is 13.8 Å². The largest absolute Gasteiger partial charge is 0.389 e. The Kier molecular flexibility index (Phi) is 4.56. The van der Waals surface area contributed by atoms with Crippen LogP contribution in [0.3, 0.4) is 0 Å². The van der Waals surface area contributed by atoms with Crippen LogP contribution in [0.2, 0.25) is 0 Å². The van der Waals surface area contributed by atoms with Gasteiger partial charge in [0.15, 0.2) is 0 Å². The fraction of sp³-hybridized carbons (Fsp3) is 1.00. The third kappa shape index (κ3) is 4.09. The number of aliphatic hydroxyl groups is 1. The molecule has 3 heteroatoms. The van der Waals surface area contributed by atoms with Crippen LogP contribution >= 0.6 is 0 Å². The van der Waals surface area contributed by atoms with E-state index in [2.05, 4.69) is 25.8 Å². The third-order valence-corrected chi connectivity index (χ3v) is 3.37. The Morgan fingerprint density at radius 1 is 1.53 bits per heavy atom. The highest BCUT2D eigenvalue weighted by atomic mass is 16.5. The van der Waals surface area contributed by atoms with Crippen LogP contribution in [0, 0.1) is 5.92 Å². The molecular formula is C12H25NO2. The molecule has 0 aliphatic carbocycles. The lowest BCUT2D eigenvalue weighted by Gasteiger charge is -2.33. The molecule has 2 unspecified atom stereocenters. The number of ether oxygens (including phenoxy) is 1. The molecule has 1 fully saturated rings. The SMILES string of the molecule is CC(C)C(C)(O)CN(C)CC1CCCO1. The van der Waals surface area contributed by atoms with E-state index in [9.17, 15) is 5.11 Å². The fourth-order valence-corrected chi connectivity index (χ4v) is 1.93. The van der Waals surface area contributed by atoms with Gasteiger partial charge >= 0.3 is 0 Å². The Morgan fingerprint density at radius 3 is 2.67 bits per heavy atom. The first kappa shape index (κ1) is 12.9. The van der Waals surface area contributed by atoms with E-state index in [4.69, 9.17) is 4.74 Å². The van der Waals surface area contributed by atoms with Gasteiger partial charge in [0, 0.05) is 19.7 Å². The zero-order valence-electron chi connectivity index (χ0n) is 10.5. The second kappa shape index (κ2) is 5.28. The molecule has 0 aromatic heterocycles. The van der Waals surface area contributed by atoms with Crippen LogP contribution < -0.4 is 0 Å². The summed E-state index contributed by atoms with van der Waals surface area (Å²) in [5.74, 6) is 0.282. The highest BCUT2D eigenvalue weighted by molar-refractivity contribution is 4.81. The topological polar surface area (TPSA) is 32.7 Å². The summed E-state index contributed by atoms with van der Waals surface area (Å²) in [6, 6.07) is 0. The van der Waals surface area contributed by atoms with Crippen LogP contribution in [-0.4, -0.2) is 48.5 Å². The molecule has 1 rings (SSSR count). The van der Waals surface area contributed by atoms with Gasteiger partial charge < -0.3 is 14.7 Å². The van der Waals surface area contributed by atoms with Crippen molar-refractivity contribution < 1.29 is 9.84 Å². The molecule has 0 bridgehead atoms. The summed E-state index contributed by atoms with van der Waals surface area (Å²) in [5, 5.41) is 10.2. The third-order valence-electron chi connectivity index (χ3n) is 3.37. The van der Waals surface area contributed by atoms with E-state index >= 15 is 0 Å². The first-order valence-electron chi connectivity index (χ1n) is 5.94. The molecule has 0 amide bonds. The van der Waals surface area contributed by atoms with Gasteiger partial charge in [-0.3, -0.25) is 0 Å². The molecule has 0 aromatic rings. The van der Waals surface area contributed by atoms with Crippen LogP contribution in [0.5, 0.6) is 0 Å². The van der Waals surface area contributed by atoms with Crippen molar-refractivity contribution in [2.45, 2.75) is 45.3 Å². The molecule has 90 valence electrons. The zero-order valence-corrected chi connectivity index (χ0v) is 10.5. The molecule has 1 aliphatic rings. The highest BCUT2D eigenvalue weighted by Gasteiger charge is 2.27. The minimum atomic E-state index is -0.604. The van der Waals surface area contributed by atoms with E-state index in [-0.39, 0.29) is 5.92 Å². The number of hydrogen-bond acceptors (Lipinski definition) is 3. The standard InChI is InChI=1S/C12H25NO2/c1-10(2)12(3,14)9-13(4)8-11-6-5-7-15-11/h10-11,14H,5-9H2,1-4H3. The Hall–Kier alpha value is -0.120. The summed E-state index contributed by atoms with van der Waals surface area (Å²) in [5.41, 5.74) is -0.604. The minimum Gasteiger partial charge on any atom is -0.389 e. The van der Waals surface area contributed by atoms with Crippen LogP contribution in [0.4, 0.5) is 0 Å². The average Bonchev–Trinajstić information content (AvgIpc) is 2.54. The van der Waals surface area contributed by atoms with Crippen molar-refractivity contribution in [1.29, 1.82) is 0 Å². The van der Waals surface area contributed by atoms with E-state index in [0.29, 0.717) is 12.6 Å². The van der Waals surface area contributed by atoms with Crippen LogP contribution in [0.15, 0.2) is 0 Å². The van der Waals surface area contributed by atoms with Crippen molar-refractivity contribution in [1.82, 2.24) is 4.90 Å². The molecule has 2 atom stereocenters. The number of hydrogen-bond donors (Lipinski definition) is 1. The van der Waals surface area contributed by atoms with Crippen molar-refractivity contribution in [3.63, 3.8) is 0 Å². The molecule has 1 aliphatic heterocycles. The Labute approximate surface area is 93.4 Å². The van der Waals surface area contributed by atoms with Crippen molar-refractivity contribution in [2.24, 2.45) is 5.92 Å². The maximum atomic E-state index is 10.2. The number of nitrogens with zero attached hydrogens (tertiary/aromatic N) is 1. The van der Waals surface area contributed by atoms with Crippen molar-refractivity contribution in [2.75, 3.05) is 26.7 Å². The zero-order chi connectivity index (χ0) is 11.5. The monoisotopic (exact) mass is 215 g/mol. The van der Waals surface area contributed by atoms with E-state index in [0.717, 1.165) is 19.6 Å². The lowest BCUT2D eigenvalue weighted by molar-refractivity contribution is -0.0231. The van der Waals surface area contributed by atoms with Gasteiger partial charge in [-0.2, -0.15) is 0 Å². The minimum absolute atomic E-state index is 0.282. The molecular weight excluding hydrogens is 190 g/mol. The van der Waals surface area contributed by atoms with Crippen LogP contribution in [0.25, 0.3) is 0 Å².